The minimum atomic E-state index is 0.340. The number of rotatable bonds is 9. The van der Waals surface area contributed by atoms with Crippen molar-refractivity contribution in [2.45, 2.75) is 39.3 Å². The molecule has 0 saturated carbocycles. The van der Waals surface area contributed by atoms with E-state index in [1.54, 1.807) is 0 Å². The molecule has 19 heavy (non-hydrogen) atoms. The van der Waals surface area contributed by atoms with E-state index < -0.39 is 0 Å². The Balaban J connectivity index is 2.16. The fourth-order valence-electron chi connectivity index (χ4n) is 1.90. The highest BCUT2D eigenvalue weighted by Gasteiger charge is 2.06. The van der Waals surface area contributed by atoms with Gasteiger partial charge in [0.1, 0.15) is 0 Å². The highest BCUT2D eigenvalue weighted by molar-refractivity contribution is 5.30. The van der Waals surface area contributed by atoms with Crippen molar-refractivity contribution < 1.29 is 4.74 Å². The lowest BCUT2D eigenvalue weighted by Gasteiger charge is -2.13. The SMILES string of the molecule is CC(C)OCCCCNCc1cnc(N(C)C)n1C. The first kappa shape index (κ1) is 16.0. The number of nitrogens with one attached hydrogen (secondary N) is 1. The van der Waals surface area contributed by atoms with E-state index in [2.05, 4.69) is 35.8 Å². The van der Waals surface area contributed by atoms with Gasteiger partial charge in [0.25, 0.3) is 0 Å². The Labute approximate surface area is 117 Å². The molecule has 110 valence electrons. The molecule has 5 heteroatoms. The first-order chi connectivity index (χ1) is 9.02. The van der Waals surface area contributed by atoms with Crippen LogP contribution in [0.2, 0.25) is 0 Å². The van der Waals surface area contributed by atoms with E-state index in [9.17, 15) is 0 Å². The molecule has 0 aliphatic heterocycles. The molecule has 1 N–H and O–H groups in total. The van der Waals surface area contributed by atoms with E-state index in [1.165, 1.54) is 5.69 Å². The molecule has 0 spiro atoms. The van der Waals surface area contributed by atoms with Crippen LogP contribution in [0.5, 0.6) is 0 Å². The normalized spacial score (nSPS) is 11.3. The summed E-state index contributed by atoms with van der Waals surface area (Å²) in [4.78, 5) is 6.41. The second kappa shape index (κ2) is 8.17. The smallest absolute Gasteiger partial charge is 0.204 e. The Hall–Kier alpha value is -1.07. The highest BCUT2D eigenvalue weighted by atomic mass is 16.5. The van der Waals surface area contributed by atoms with Crippen molar-refractivity contribution in [2.75, 3.05) is 32.1 Å². The zero-order chi connectivity index (χ0) is 14.3. The van der Waals surface area contributed by atoms with Crippen LogP contribution in [0.15, 0.2) is 6.20 Å². The molecule has 0 unspecified atom stereocenters. The lowest BCUT2D eigenvalue weighted by Crippen LogP contribution is -2.19. The average Bonchev–Trinajstić information content (AvgIpc) is 2.69. The minimum absolute atomic E-state index is 0.340. The van der Waals surface area contributed by atoms with Crippen molar-refractivity contribution in [1.82, 2.24) is 14.9 Å². The molecule has 0 radical (unpaired) electrons. The molecule has 0 atom stereocenters. The Morgan fingerprint density at radius 3 is 2.68 bits per heavy atom. The second-order valence-electron chi connectivity index (χ2n) is 5.31. The van der Waals surface area contributed by atoms with Gasteiger partial charge in [-0.05, 0) is 33.2 Å². The van der Waals surface area contributed by atoms with Gasteiger partial charge in [-0.1, -0.05) is 0 Å². The zero-order valence-electron chi connectivity index (χ0n) is 12.9. The Bertz CT molecular complexity index is 360. The van der Waals surface area contributed by atoms with Crippen molar-refractivity contribution in [2.24, 2.45) is 7.05 Å². The number of hydrogen-bond acceptors (Lipinski definition) is 4. The number of hydrogen-bond donors (Lipinski definition) is 1. The van der Waals surface area contributed by atoms with Crippen LogP contribution in [0.25, 0.3) is 0 Å². The average molecular weight is 268 g/mol. The molecule has 1 aromatic heterocycles. The summed E-state index contributed by atoms with van der Waals surface area (Å²) in [6, 6.07) is 0. The van der Waals surface area contributed by atoms with Gasteiger partial charge in [-0.25, -0.2) is 4.98 Å². The van der Waals surface area contributed by atoms with E-state index in [1.807, 2.05) is 25.2 Å². The van der Waals surface area contributed by atoms with Gasteiger partial charge in [0.2, 0.25) is 5.95 Å². The molecule has 0 aromatic carbocycles. The third-order valence-corrected chi connectivity index (χ3v) is 2.97. The van der Waals surface area contributed by atoms with Gasteiger partial charge in [0.15, 0.2) is 0 Å². The molecule has 0 amide bonds. The first-order valence-corrected chi connectivity index (χ1v) is 7.02. The summed E-state index contributed by atoms with van der Waals surface area (Å²) >= 11 is 0. The van der Waals surface area contributed by atoms with Gasteiger partial charge in [0, 0.05) is 34.3 Å². The maximum Gasteiger partial charge on any atom is 0.204 e. The van der Waals surface area contributed by atoms with Gasteiger partial charge in [-0.3, -0.25) is 0 Å². The largest absolute Gasteiger partial charge is 0.379 e. The highest BCUT2D eigenvalue weighted by Crippen LogP contribution is 2.10. The van der Waals surface area contributed by atoms with Crippen LogP contribution < -0.4 is 10.2 Å². The fraction of sp³-hybridized carbons (Fsp3) is 0.786. The molecular formula is C14H28N4O. The third-order valence-electron chi connectivity index (χ3n) is 2.97. The van der Waals surface area contributed by atoms with Crippen molar-refractivity contribution in [3.05, 3.63) is 11.9 Å². The van der Waals surface area contributed by atoms with Gasteiger partial charge < -0.3 is 19.5 Å². The number of ether oxygens (including phenoxy) is 1. The van der Waals surface area contributed by atoms with Crippen molar-refractivity contribution in [3.8, 4) is 0 Å². The number of aromatic nitrogens is 2. The predicted octanol–water partition coefficient (Wildman–Crippen LogP) is 1.78. The summed E-state index contributed by atoms with van der Waals surface area (Å²) in [5.74, 6) is 0.988. The summed E-state index contributed by atoms with van der Waals surface area (Å²) in [6.07, 6.45) is 4.53. The Morgan fingerprint density at radius 1 is 1.37 bits per heavy atom. The molecule has 0 fully saturated rings. The van der Waals surface area contributed by atoms with E-state index in [0.717, 1.165) is 38.5 Å². The van der Waals surface area contributed by atoms with Gasteiger partial charge >= 0.3 is 0 Å². The summed E-state index contributed by atoms with van der Waals surface area (Å²) in [6.45, 7) is 6.88. The van der Waals surface area contributed by atoms with Crippen molar-refractivity contribution >= 4 is 5.95 Å². The summed E-state index contributed by atoms with van der Waals surface area (Å²) in [5.41, 5.74) is 1.21. The van der Waals surface area contributed by atoms with Gasteiger partial charge in [-0.15, -0.1) is 0 Å². The molecule has 1 aromatic rings. The van der Waals surface area contributed by atoms with Crippen LogP contribution in [0.3, 0.4) is 0 Å². The summed E-state index contributed by atoms with van der Waals surface area (Å²) in [5, 5.41) is 3.45. The number of imidazole rings is 1. The molecule has 1 heterocycles. The van der Waals surface area contributed by atoms with Crippen LogP contribution in [-0.4, -0.2) is 42.9 Å². The van der Waals surface area contributed by atoms with Gasteiger partial charge in [-0.2, -0.15) is 0 Å². The van der Waals surface area contributed by atoms with E-state index in [-0.39, 0.29) is 0 Å². The number of unbranched alkanes of at least 4 members (excludes halogenated alkanes) is 1. The Kier molecular flexibility index (Phi) is 6.87. The second-order valence-corrected chi connectivity index (χ2v) is 5.31. The molecule has 0 saturated heterocycles. The van der Waals surface area contributed by atoms with E-state index in [0.29, 0.717) is 6.10 Å². The van der Waals surface area contributed by atoms with Crippen molar-refractivity contribution in [1.29, 1.82) is 0 Å². The Morgan fingerprint density at radius 2 is 2.11 bits per heavy atom. The monoisotopic (exact) mass is 268 g/mol. The quantitative estimate of drug-likeness (QED) is 0.693. The summed E-state index contributed by atoms with van der Waals surface area (Å²) in [7, 11) is 6.07. The van der Waals surface area contributed by atoms with Crippen LogP contribution >= 0.6 is 0 Å². The molecule has 5 nitrogen and oxygen atoms in total. The van der Waals surface area contributed by atoms with E-state index >= 15 is 0 Å². The molecule has 1 rings (SSSR count). The lowest BCUT2D eigenvalue weighted by atomic mass is 10.3. The molecule has 0 aliphatic rings. The maximum atomic E-state index is 5.51. The maximum absolute atomic E-state index is 5.51. The lowest BCUT2D eigenvalue weighted by molar-refractivity contribution is 0.0760. The molecular weight excluding hydrogens is 240 g/mol. The first-order valence-electron chi connectivity index (χ1n) is 7.02. The predicted molar refractivity (Wildman–Crippen MR) is 79.6 cm³/mol. The molecule has 0 aliphatic carbocycles. The van der Waals surface area contributed by atoms with Crippen LogP contribution in [0.1, 0.15) is 32.4 Å². The standard InChI is InChI=1S/C14H28N4O/c1-12(2)19-9-7-6-8-15-10-13-11-16-14(17(3)4)18(13)5/h11-12,15H,6-10H2,1-5H3. The topological polar surface area (TPSA) is 42.3 Å². The third kappa shape index (κ3) is 5.61. The number of anilines is 1. The minimum Gasteiger partial charge on any atom is -0.379 e. The van der Waals surface area contributed by atoms with Gasteiger partial charge in [0.05, 0.1) is 18.0 Å². The number of nitrogens with zero attached hydrogens (tertiary/aromatic N) is 3. The molecule has 0 bridgehead atoms. The summed E-state index contributed by atoms with van der Waals surface area (Å²) < 4.78 is 7.63. The van der Waals surface area contributed by atoms with Crippen LogP contribution in [0, 0.1) is 0 Å². The van der Waals surface area contributed by atoms with Crippen LogP contribution in [0.4, 0.5) is 5.95 Å². The fourth-order valence-corrected chi connectivity index (χ4v) is 1.90. The van der Waals surface area contributed by atoms with E-state index in [4.69, 9.17) is 4.74 Å². The van der Waals surface area contributed by atoms with Crippen molar-refractivity contribution in [3.63, 3.8) is 0 Å². The van der Waals surface area contributed by atoms with Crippen LogP contribution in [-0.2, 0) is 18.3 Å². The zero-order valence-corrected chi connectivity index (χ0v) is 12.9.